The van der Waals surface area contributed by atoms with Crippen molar-refractivity contribution in [3.63, 3.8) is 0 Å². The second-order valence-corrected chi connectivity index (χ2v) is 25.9. The summed E-state index contributed by atoms with van der Waals surface area (Å²) >= 11 is 13.6. The summed E-state index contributed by atoms with van der Waals surface area (Å²) in [5.74, 6) is 5.15. The number of rotatable bonds is 9. The monoisotopic (exact) mass is 1310 g/mol. The summed E-state index contributed by atoms with van der Waals surface area (Å²) in [7, 11) is -1.44. The maximum atomic E-state index is 13.0. The molecule has 0 atom stereocenters. The smallest absolute Gasteiger partial charge is 1.00 e. The predicted octanol–water partition coefficient (Wildman–Crippen LogP) is 1.76. The van der Waals surface area contributed by atoms with Crippen LogP contribution in [0.2, 0.25) is 10.0 Å². The molecule has 0 bridgehead atoms. The van der Waals surface area contributed by atoms with Gasteiger partial charge < -0.3 is 49.4 Å². The SMILES string of the molecule is CC(C)(C)OC(=O)n1ccc2c(-c3nc(N4CCOCC4)c4oc5ncc(CN6CCS(=O)CC6)cc5c4n3)c(Cl)ccc21.O=CO[O-].O=S1CCN(Cc2cnc3oc4c(N5CCOCC5)nc(-c5c(Cl)ccc6[nH]ccc56)nc4c3c2)CC1.[H-].[K+].[K+]. The van der Waals surface area contributed by atoms with Crippen LogP contribution in [-0.4, -0.2) is 178 Å². The van der Waals surface area contributed by atoms with Gasteiger partial charge in [-0.15, -0.1) is 0 Å². The van der Waals surface area contributed by atoms with Gasteiger partial charge in [0.25, 0.3) is 6.47 Å². The van der Waals surface area contributed by atoms with E-state index in [1.165, 1.54) is 4.57 Å². The summed E-state index contributed by atoms with van der Waals surface area (Å²) in [5, 5.41) is 12.8. The van der Waals surface area contributed by atoms with Crippen LogP contribution in [0.15, 0.2) is 82.2 Å². The van der Waals surface area contributed by atoms with Gasteiger partial charge in [-0.05, 0) is 80.4 Å². The zero-order chi connectivity index (χ0) is 58.9. The van der Waals surface area contributed by atoms with Crippen LogP contribution in [0.25, 0.3) is 89.0 Å². The number of halogens is 2. The number of carbonyl (C=O) groups excluding carboxylic acids is 2. The molecule has 8 aromatic heterocycles. The Bertz CT molecular complexity index is 4190. The molecule has 29 heteroatoms. The standard InChI is InChI=1S/C31H33ClN6O5S.C26H25ClN6O3S.CH2O3.2K.H/c1-31(2,3)43-30(39)38-7-6-20-23(38)5-4-22(32)24(20)27-34-25-21-16-19(18-36-10-14-44(40)15-11-36)17-33-29(21)42-26(25)28(35-27)37-8-12-41-13-9-37;27-19-1-2-20-17(3-4-28-20)21(19)24-30-22-18-13-16(15-32-7-11-37(34)12-8-32)14-29-26(18)36-23(22)25(31-24)33-5-9-35-10-6-33;2-1-4-3;;;/h4-7,16-17H,8-15,18H2,1-3H3;1-4,13-14,28H,5-12,15H2;1,3H;;;/q;;;2*+1;-1/p-1. The van der Waals surface area contributed by atoms with Crippen molar-refractivity contribution < 1.29 is 155 Å². The minimum atomic E-state index is -0.739. The van der Waals surface area contributed by atoms with E-state index >= 15 is 0 Å². The van der Waals surface area contributed by atoms with E-state index in [2.05, 4.69) is 51.6 Å². The Morgan fingerprint density at radius 1 is 0.678 bits per heavy atom. The van der Waals surface area contributed by atoms with Crippen molar-refractivity contribution in [3.05, 3.63) is 94.5 Å². The Labute approximate surface area is 600 Å². The molecule has 87 heavy (non-hydrogen) atoms. The van der Waals surface area contributed by atoms with Crippen LogP contribution in [0.3, 0.4) is 0 Å². The van der Waals surface area contributed by atoms with Gasteiger partial charge in [0, 0.05) is 162 Å². The van der Waals surface area contributed by atoms with Crippen molar-refractivity contribution in [1.82, 2.24) is 49.3 Å². The van der Waals surface area contributed by atoms with Crippen LogP contribution in [0.1, 0.15) is 33.3 Å². The van der Waals surface area contributed by atoms with E-state index in [0.29, 0.717) is 137 Å². The molecular weight excluding hydrogens is 1250 g/mol. The van der Waals surface area contributed by atoms with Crippen LogP contribution < -0.4 is 118 Å². The van der Waals surface area contributed by atoms with Gasteiger partial charge in [0.15, 0.2) is 34.5 Å². The van der Waals surface area contributed by atoms with Crippen LogP contribution in [0.5, 0.6) is 0 Å². The van der Waals surface area contributed by atoms with Gasteiger partial charge in [-0.1, -0.05) is 23.2 Å². The van der Waals surface area contributed by atoms with Gasteiger partial charge >= 0.3 is 109 Å². The molecule has 0 radical (unpaired) electrons. The normalized spacial score (nSPS) is 16.6. The zero-order valence-electron chi connectivity index (χ0n) is 49.7. The molecule has 0 aliphatic carbocycles. The number of anilines is 2. The molecule has 0 amide bonds. The average Bonchev–Trinajstić information content (AvgIpc) is 1.98. The Balaban J connectivity index is 0.000000193. The van der Waals surface area contributed by atoms with Crippen LogP contribution >= 0.6 is 23.2 Å². The first-order valence-electron chi connectivity index (χ1n) is 27.7. The maximum Gasteiger partial charge on any atom is 1.00 e. The molecule has 2 aromatic carbocycles. The van der Waals surface area contributed by atoms with Gasteiger partial charge in [0.05, 0.1) is 52.8 Å². The Hall–Kier alpha value is -3.93. The number of ether oxygens (including phenoxy) is 3. The molecule has 4 saturated heterocycles. The molecule has 4 fully saturated rings. The molecule has 12 heterocycles. The first-order valence-corrected chi connectivity index (χ1v) is 31.4. The molecule has 0 saturated carbocycles. The number of pyridine rings is 2. The van der Waals surface area contributed by atoms with Crippen molar-refractivity contribution in [1.29, 1.82) is 0 Å². The van der Waals surface area contributed by atoms with E-state index in [0.717, 1.165) is 99.3 Å². The van der Waals surface area contributed by atoms with Gasteiger partial charge in [-0.2, -0.15) is 0 Å². The number of benzene rings is 2. The summed E-state index contributed by atoms with van der Waals surface area (Å²) in [5.41, 5.74) is 8.00. The molecule has 4 aliphatic heterocycles. The summed E-state index contributed by atoms with van der Waals surface area (Å²) in [6.45, 7) is 15.1. The molecule has 0 spiro atoms. The average molecular weight is 1310 g/mol. The number of H-pyrrole nitrogens is 1. The molecule has 10 aromatic rings. The number of furan rings is 2. The summed E-state index contributed by atoms with van der Waals surface area (Å²) < 4.78 is 54.5. The topological polar surface area (TPSA) is 266 Å². The van der Waals surface area contributed by atoms with E-state index < -0.39 is 33.3 Å². The second-order valence-electron chi connectivity index (χ2n) is 21.7. The number of hydrogen-bond donors (Lipinski definition) is 1. The van der Waals surface area contributed by atoms with Gasteiger partial charge in [0.1, 0.15) is 16.6 Å². The third kappa shape index (κ3) is 14.7. The molecule has 4 aliphatic rings. The fourth-order valence-electron chi connectivity index (χ4n) is 10.9. The van der Waals surface area contributed by atoms with Gasteiger partial charge in [0.2, 0.25) is 11.4 Å². The van der Waals surface area contributed by atoms with Crippen molar-refractivity contribution in [2.45, 2.75) is 39.5 Å². The van der Waals surface area contributed by atoms with Crippen LogP contribution in [-0.2, 0) is 58.6 Å². The number of nitrogens with one attached hydrogen (secondary N) is 1. The van der Waals surface area contributed by atoms with Crippen LogP contribution in [0.4, 0.5) is 16.4 Å². The first-order chi connectivity index (χ1) is 41.2. The number of nitrogens with zero attached hydrogens (tertiary/aromatic N) is 11. The maximum absolute atomic E-state index is 13.0. The Morgan fingerprint density at radius 2 is 1.15 bits per heavy atom. The van der Waals surface area contributed by atoms with E-state index in [1.54, 1.807) is 18.3 Å². The molecule has 23 nitrogen and oxygen atoms in total. The van der Waals surface area contributed by atoms with E-state index in [-0.39, 0.29) is 111 Å². The molecule has 14 rings (SSSR count). The van der Waals surface area contributed by atoms with Gasteiger partial charge in [-0.25, -0.2) is 34.7 Å². The quantitative estimate of drug-likeness (QED) is 0.0934. The molecular formula is C58H60Cl2K2N12O11S2. The number of aromatic amines is 1. The number of hydrogen-bond acceptors (Lipinski definition) is 21. The molecule has 0 unspecified atom stereocenters. The number of morpholine rings is 2. The number of carbonyl (C=O) groups is 2. The summed E-state index contributed by atoms with van der Waals surface area (Å²) in [6, 6.07) is 15.4. The largest absolute Gasteiger partial charge is 1.00 e. The van der Waals surface area contributed by atoms with Crippen molar-refractivity contribution in [2.75, 3.05) is 112 Å². The van der Waals surface area contributed by atoms with E-state index in [4.69, 9.17) is 76.2 Å². The summed E-state index contributed by atoms with van der Waals surface area (Å²) in [6.07, 6.45) is 6.78. The van der Waals surface area contributed by atoms with Crippen molar-refractivity contribution >= 4 is 135 Å². The molecule has 446 valence electrons. The van der Waals surface area contributed by atoms with Gasteiger partial charge in [-0.3, -0.25) is 27.6 Å². The minimum Gasteiger partial charge on any atom is -1.00 e. The third-order valence-electron chi connectivity index (χ3n) is 15.0. The number of fused-ring (bicyclic) bond motifs is 8. The van der Waals surface area contributed by atoms with Crippen molar-refractivity contribution in [3.8, 4) is 22.8 Å². The fraction of sp³-hybridized carbons (Fsp3) is 0.379. The van der Waals surface area contributed by atoms with E-state index in [9.17, 15) is 13.2 Å². The first kappa shape index (κ1) is 66.0. The van der Waals surface area contributed by atoms with Crippen LogP contribution in [0, 0.1) is 0 Å². The minimum absolute atomic E-state index is 0. The zero-order valence-corrected chi connectivity index (χ0v) is 58.1. The Morgan fingerprint density at radius 3 is 1.62 bits per heavy atom. The van der Waals surface area contributed by atoms with E-state index in [1.807, 2.05) is 63.6 Å². The Kier molecular flexibility index (Phi) is 22.1. The second kappa shape index (κ2) is 29.1. The molecule has 1 N–H and O–H groups in total. The fourth-order valence-corrected chi connectivity index (χ4v) is 13.7. The number of aromatic nitrogens is 8. The predicted molar refractivity (Wildman–Crippen MR) is 325 cm³/mol. The summed E-state index contributed by atoms with van der Waals surface area (Å²) in [4.78, 5) is 65.9. The van der Waals surface area contributed by atoms with Crippen molar-refractivity contribution in [2.24, 2.45) is 0 Å². The third-order valence-corrected chi connectivity index (χ3v) is 18.2.